The van der Waals surface area contributed by atoms with Crippen LogP contribution in [0.5, 0.6) is 0 Å². The number of hydrogen-bond donors (Lipinski definition) is 0. The number of morpholine rings is 1. The van der Waals surface area contributed by atoms with Gasteiger partial charge in [0.25, 0.3) is 0 Å². The molecule has 1 aromatic rings. The Morgan fingerprint density at radius 1 is 1.00 bits per heavy atom. The number of aryl methyl sites for hydroxylation is 1. The number of likely N-dealkylation sites (N-methyl/N-ethyl adjacent to an activating group) is 1. The van der Waals surface area contributed by atoms with E-state index in [2.05, 4.69) is 11.9 Å². The van der Waals surface area contributed by atoms with Gasteiger partial charge in [-0.1, -0.05) is 12.1 Å². The number of sulfonamides is 1. The van der Waals surface area contributed by atoms with Gasteiger partial charge in [0, 0.05) is 39.1 Å². The van der Waals surface area contributed by atoms with Gasteiger partial charge < -0.3 is 14.5 Å². The second-order valence-electron chi connectivity index (χ2n) is 7.20. The zero-order valence-electron chi connectivity index (χ0n) is 16.0. The van der Waals surface area contributed by atoms with E-state index in [-0.39, 0.29) is 5.91 Å². The molecule has 7 nitrogen and oxygen atoms in total. The topological polar surface area (TPSA) is 70.2 Å². The molecule has 0 aromatic heterocycles. The van der Waals surface area contributed by atoms with Crippen LogP contribution in [0.2, 0.25) is 0 Å². The zero-order valence-corrected chi connectivity index (χ0v) is 16.8. The van der Waals surface area contributed by atoms with Gasteiger partial charge in [0.05, 0.1) is 18.1 Å². The zero-order chi connectivity index (χ0) is 19.3. The molecule has 0 spiro atoms. The van der Waals surface area contributed by atoms with Crippen molar-refractivity contribution >= 4 is 15.9 Å². The van der Waals surface area contributed by atoms with Gasteiger partial charge >= 0.3 is 0 Å². The van der Waals surface area contributed by atoms with Crippen molar-refractivity contribution in [1.82, 2.24) is 14.1 Å². The first-order valence-electron chi connectivity index (χ1n) is 9.60. The molecule has 0 aliphatic carbocycles. The first kappa shape index (κ1) is 20.3. The Morgan fingerprint density at radius 2 is 1.70 bits per heavy atom. The van der Waals surface area contributed by atoms with E-state index in [0.29, 0.717) is 44.0 Å². The van der Waals surface area contributed by atoms with Crippen LogP contribution in [0.3, 0.4) is 0 Å². The normalized spacial score (nSPS) is 20.4. The summed E-state index contributed by atoms with van der Waals surface area (Å²) in [6.07, 6.45) is 2.10. The monoisotopic (exact) mass is 395 g/mol. The van der Waals surface area contributed by atoms with Crippen molar-refractivity contribution in [3.8, 4) is 0 Å². The molecular weight excluding hydrogens is 366 g/mol. The maximum absolute atomic E-state index is 12.6. The largest absolute Gasteiger partial charge is 0.379 e. The molecule has 2 fully saturated rings. The van der Waals surface area contributed by atoms with Crippen LogP contribution in [-0.2, 0) is 26.0 Å². The van der Waals surface area contributed by atoms with Gasteiger partial charge in [0.2, 0.25) is 15.9 Å². The number of rotatable bonds is 5. The number of ether oxygens (including phenoxy) is 1. The molecule has 2 aliphatic heterocycles. The summed E-state index contributed by atoms with van der Waals surface area (Å²) in [7, 11) is -1.38. The molecule has 2 heterocycles. The summed E-state index contributed by atoms with van der Waals surface area (Å²) in [5, 5.41) is 0. The highest BCUT2D eigenvalue weighted by molar-refractivity contribution is 7.89. The number of benzene rings is 1. The second-order valence-corrected chi connectivity index (χ2v) is 9.14. The highest BCUT2D eigenvalue weighted by Crippen LogP contribution is 2.18. The average Bonchev–Trinajstić information content (AvgIpc) is 2.91. The molecule has 0 saturated carbocycles. The fraction of sp³-hybridized carbons (Fsp3) is 0.632. The van der Waals surface area contributed by atoms with Gasteiger partial charge in [0.1, 0.15) is 0 Å². The Bertz CT molecular complexity index is 730. The standard InChI is InChI=1S/C19H29N3O4S/c1-20-9-2-10-21(12-11-20)19(23)8-5-17-3-6-18(7-4-17)27(24,25)22-13-15-26-16-14-22/h3-4,6-7H,2,5,8-16H2,1H3. The van der Waals surface area contributed by atoms with Gasteiger partial charge in [-0.2, -0.15) is 4.31 Å². The van der Waals surface area contributed by atoms with Crippen LogP contribution in [0.4, 0.5) is 0 Å². The lowest BCUT2D eigenvalue weighted by Gasteiger charge is -2.26. The van der Waals surface area contributed by atoms with Crippen LogP contribution < -0.4 is 0 Å². The van der Waals surface area contributed by atoms with E-state index in [4.69, 9.17) is 4.74 Å². The molecule has 2 saturated heterocycles. The van der Waals surface area contributed by atoms with E-state index in [1.54, 1.807) is 12.1 Å². The number of amides is 1. The first-order chi connectivity index (χ1) is 13.0. The Kier molecular flexibility index (Phi) is 6.86. The predicted molar refractivity (Wildman–Crippen MR) is 103 cm³/mol. The van der Waals surface area contributed by atoms with Gasteiger partial charge in [-0.05, 0) is 44.1 Å². The molecule has 1 aromatic carbocycles. The Morgan fingerprint density at radius 3 is 2.41 bits per heavy atom. The Labute approximate surface area is 161 Å². The SMILES string of the molecule is CN1CCCN(C(=O)CCc2ccc(S(=O)(=O)N3CCOCC3)cc2)CC1. The molecule has 2 aliphatic rings. The van der Waals surface area contributed by atoms with Crippen LogP contribution in [0.1, 0.15) is 18.4 Å². The first-order valence-corrected chi connectivity index (χ1v) is 11.0. The fourth-order valence-corrected chi connectivity index (χ4v) is 4.88. The molecule has 0 N–H and O–H groups in total. The molecule has 3 rings (SSSR count). The van der Waals surface area contributed by atoms with Crippen molar-refractivity contribution in [2.24, 2.45) is 0 Å². The lowest BCUT2D eigenvalue weighted by Crippen LogP contribution is -2.40. The number of carbonyl (C=O) groups is 1. The van der Waals surface area contributed by atoms with Crippen molar-refractivity contribution < 1.29 is 17.9 Å². The Hall–Kier alpha value is -1.48. The lowest BCUT2D eigenvalue weighted by molar-refractivity contribution is -0.131. The predicted octanol–water partition coefficient (Wildman–Crippen LogP) is 0.804. The smallest absolute Gasteiger partial charge is 0.243 e. The summed E-state index contributed by atoms with van der Waals surface area (Å²) in [6, 6.07) is 6.92. The van der Waals surface area contributed by atoms with Crippen LogP contribution in [0.25, 0.3) is 0 Å². The average molecular weight is 396 g/mol. The molecule has 150 valence electrons. The van der Waals surface area contributed by atoms with Crippen LogP contribution in [0, 0.1) is 0 Å². The third kappa shape index (κ3) is 5.28. The van der Waals surface area contributed by atoms with E-state index in [0.717, 1.165) is 38.2 Å². The summed E-state index contributed by atoms with van der Waals surface area (Å²) < 4.78 is 32.0. The van der Waals surface area contributed by atoms with E-state index >= 15 is 0 Å². The number of nitrogens with zero attached hydrogens (tertiary/aromatic N) is 3. The summed E-state index contributed by atoms with van der Waals surface area (Å²) >= 11 is 0. The summed E-state index contributed by atoms with van der Waals surface area (Å²) in [6.45, 7) is 5.21. The molecule has 0 atom stereocenters. The molecule has 1 amide bonds. The van der Waals surface area contributed by atoms with E-state index < -0.39 is 10.0 Å². The van der Waals surface area contributed by atoms with Crippen LogP contribution >= 0.6 is 0 Å². The van der Waals surface area contributed by atoms with Gasteiger partial charge in [0.15, 0.2) is 0 Å². The minimum absolute atomic E-state index is 0.176. The van der Waals surface area contributed by atoms with E-state index in [9.17, 15) is 13.2 Å². The lowest BCUT2D eigenvalue weighted by atomic mass is 10.1. The van der Waals surface area contributed by atoms with Crippen molar-refractivity contribution in [1.29, 1.82) is 0 Å². The highest BCUT2D eigenvalue weighted by atomic mass is 32.2. The van der Waals surface area contributed by atoms with Crippen molar-refractivity contribution in [3.05, 3.63) is 29.8 Å². The number of hydrogen-bond acceptors (Lipinski definition) is 5. The number of carbonyl (C=O) groups excluding carboxylic acids is 1. The van der Waals surface area contributed by atoms with Crippen LogP contribution in [0.15, 0.2) is 29.2 Å². The van der Waals surface area contributed by atoms with Gasteiger partial charge in [-0.25, -0.2) is 8.42 Å². The van der Waals surface area contributed by atoms with Crippen molar-refractivity contribution in [2.75, 3.05) is 59.5 Å². The molecule has 8 heteroatoms. The molecule has 0 radical (unpaired) electrons. The summed E-state index contributed by atoms with van der Waals surface area (Å²) in [5.74, 6) is 0.176. The Balaban J connectivity index is 1.55. The maximum Gasteiger partial charge on any atom is 0.243 e. The van der Waals surface area contributed by atoms with Crippen LogP contribution in [-0.4, -0.2) is 88.0 Å². The highest BCUT2D eigenvalue weighted by Gasteiger charge is 2.26. The minimum Gasteiger partial charge on any atom is -0.379 e. The molecule has 0 unspecified atom stereocenters. The van der Waals surface area contributed by atoms with E-state index in [1.165, 1.54) is 4.31 Å². The van der Waals surface area contributed by atoms with Gasteiger partial charge in [-0.15, -0.1) is 0 Å². The molecule has 27 heavy (non-hydrogen) atoms. The summed E-state index contributed by atoms with van der Waals surface area (Å²) in [5.41, 5.74) is 0.983. The second kappa shape index (κ2) is 9.14. The van der Waals surface area contributed by atoms with Gasteiger partial charge in [-0.3, -0.25) is 4.79 Å². The third-order valence-electron chi connectivity index (χ3n) is 5.23. The maximum atomic E-state index is 12.6. The van der Waals surface area contributed by atoms with E-state index in [1.807, 2.05) is 17.0 Å². The molecule has 0 bridgehead atoms. The molecular formula is C19H29N3O4S. The van der Waals surface area contributed by atoms with Crippen molar-refractivity contribution in [2.45, 2.75) is 24.2 Å². The summed E-state index contributed by atoms with van der Waals surface area (Å²) in [4.78, 5) is 17.0. The minimum atomic E-state index is -3.46. The quantitative estimate of drug-likeness (QED) is 0.738. The van der Waals surface area contributed by atoms with Crippen molar-refractivity contribution in [3.63, 3.8) is 0 Å². The third-order valence-corrected chi connectivity index (χ3v) is 7.14. The fourth-order valence-electron chi connectivity index (χ4n) is 3.47.